The Morgan fingerprint density at radius 1 is 1.06 bits per heavy atom. The Morgan fingerprint density at radius 3 is 2.85 bits per heavy atom. The third kappa shape index (κ3) is 4.83. The number of hydrogen-bond acceptors (Lipinski definition) is 6. The number of para-hydroxylation sites is 1. The predicted molar refractivity (Wildman–Crippen MR) is 128 cm³/mol. The first kappa shape index (κ1) is 21.0. The number of amides is 1. The van der Waals surface area contributed by atoms with Crippen molar-refractivity contribution in [2.45, 2.75) is 6.42 Å². The normalized spacial score (nSPS) is 16.5. The molecular weight excluding hydrogens is 414 g/mol. The van der Waals surface area contributed by atoms with E-state index in [1.54, 1.807) is 18.3 Å². The van der Waals surface area contributed by atoms with E-state index in [1.165, 1.54) is 0 Å². The maximum atomic E-state index is 13.3. The number of nitrogen functional groups attached to an aromatic ring is 1. The van der Waals surface area contributed by atoms with E-state index < -0.39 is 0 Å². The lowest BCUT2D eigenvalue weighted by molar-refractivity contribution is 0.0731. The van der Waals surface area contributed by atoms with Crippen LogP contribution in [-0.4, -0.2) is 52.1 Å². The maximum absolute atomic E-state index is 13.3. The van der Waals surface area contributed by atoms with Crippen molar-refractivity contribution in [3.63, 3.8) is 0 Å². The van der Waals surface area contributed by atoms with Crippen molar-refractivity contribution in [2.24, 2.45) is 5.92 Å². The van der Waals surface area contributed by atoms with Gasteiger partial charge in [-0.25, -0.2) is 9.97 Å². The summed E-state index contributed by atoms with van der Waals surface area (Å²) >= 11 is 0. The van der Waals surface area contributed by atoms with Crippen molar-refractivity contribution in [3.8, 4) is 11.3 Å². The van der Waals surface area contributed by atoms with Crippen molar-refractivity contribution < 1.29 is 9.53 Å². The second-order valence-electron chi connectivity index (χ2n) is 8.31. The van der Waals surface area contributed by atoms with Crippen molar-refractivity contribution >= 4 is 22.6 Å². The molecule has 5 rings (SSSR count). The molecule has 0 radical (unpaired) electrons. The van der Waals surface area contributed by atoms with Crippen LogP contribution in [0, 0.1) is 5.92 Å². The van der Waals surface area contributed by atoms with Crippen molar-refractivity contribution in [2.75, 3.05) is 32.0 Å². The molecule has 1 aliphatic rings. The fraction of sp³-hybridized carbons (Fsp3) is 0.231. The van der Waals surface area contributed by atoms with Crippen LogP contribution in [0.3, 0.4) is 0 Å². The maximum Gasteiger partial charge on any atom is 0.272 e. The van der Waals surface area contributed by atoms with Crippen LogP contribution in [0.25, 0.3) is 22.2 Å². The first-order chi connectivity index (χ1) is 16.2. The fourth-order valence-corrected chi connectivity index (χ4v) is 4.18. The fourth-order valence-electron chi connectivity index (χ4n) is 4.18. The molecule has 4 heterocycles. The summed E-state index contributed by atoms with van der Waals surface area (Å²) in [4.78, 5) is 28.5. The summed E-state index contributed by atoms with van der Waals surface area (Å²) in [6.45, 7) is 2.28. The summed E-state index contributed by atoms with van der Waals surface area (Å²) < 4.78 is 5.83. The topological polar surface area (TPSA) is 94.2 Å². The van der Waals surface area contributed by atoms with Gasteiger partial charge in [0.05, 0.1) is 24.4 Å². The van der Waals surface area contributed by atoms with Gasteiger partial charge in [0.2, 0.25) is 0 Å². The average molecular weight is 440 g/mol. The quantitative estimate of drug-likeness (QED) is 0.522. The van der Waals surface area contributed by atoms with Crippen LogP contribution in [0.1, 0.15) is 16.1 Å². The highest BCUT2D eigenvalue weighted by atomic mass is 16.5. The van der Waals surface area contributed by atoms with E-state index in [9.17, 15) is 4.79 Å². The first-order valence-corrected chi connectivity index (χ1v) is 11.1. The molecular formula is C26H25N5O2. The van der Waals surface area contributed by atoms with E-state index in [1.807, 2.05) is 47.5 Å². The van der Waals surface area contributed by atoms with Crippen molar-refractivity contribution in [1.29, 1.82) is 0 Å². The minimum atomic E-state index is -0.0904. The Labute approximate surface area is 192 Å². The molecule has 3 aromatic heterocycles. The second kappa shape index (κ2) is 9.34. The van der Waals surface area contributed by atoms with E-state index in [4.69, 9.17) is 10.5 Å². The number of fused-ring (bicyclic) bond motifs is 1. The number of anilines is 1. The van der Waals surface area contributed by atoms with Gasteiger partial charge in [0.15, 0.2) is 0 Å². The molecule has 33 heavy (non-hydrogen) atoms. The van der Waals surface area contributed by atoms with Gasteiger partial charge < -0.3 is 15.4 Å². The van der Waals surface area contributed by atoms with Gasteiger partial charge in [-0.1, -0.05) is 24.3 Å². The van der Waals surface area contributed by atoms with E-state index >= 15 is 0 Å². The third-order valence-corrected chi connectivity index (χ3v) is 5.85. The van der Waals surface area contributed by atoms with Crippen LogP contribution in [0.2, 0.25) is 0 Å². The Bertz CT molecular complexity index is 1280. The predicted octanol–water partition coefficient (Wildman–Crippen LogP) is 3.61. The largest absolute Gasteiger partial charge is 0.384 e. The summed E-state index contributed by atoms with van der Waals surface area (Å²) in [5.41, 5.74) is 9.74. The first-order valence-electron chi connectivity index (χ1n) is 11.1. The Kier molecular flexibility index (Phi) is 5.95. The molecule has 1 aliphatic heterocycles. The van der Waals surface area contributed by atoms with Gasteiger partial charge >= 0.3 is 0 Å². The smallest absolute Gasteiger partial charge is 0.272 e. The number of hydrogen-bond donors (Lipinski definition) is 1. The van der Waals surface area contributed by atoms with Gasteiger partial charge in [-0.05, 0) is 48.4 Å². The molecule has 7 nitrogen and oxygen atoms in total. The van der Waals surface area contributed by atoms with Crippen LogP contribution in [-0.2, 0) is 11.2 Å². The minimum absolute atomic E-state index is 0.0904. The molecule has 1 atom stereocenters. The van der Waals surface area contributed by atoms with Gasteiger partial charge in [0, 0.05) is 42.4 Å². The van der Waals surface area contributed by atoms with Crippen LogP contribution in [0.15, 0.2) is 73.1 Å². The summed E-state index contributed by atoms with van der Waals surface area (Å²) in [5.74, 6) is 0.541. The molecule has 1 aromatic carbocycles. The average Bonchev–Trinajstić information content (AvgIpc) is 3.09. The van der Waals surface area contributed by atoms with Crippen molar-refractivity contribution in [3.05, 3.63) is 84.3 Å². The molecule has 166 valence electrons. The number of carbonyl (C=O) groups is 1. The summed E-state index contributed by atoms with van der Waals surface area (Å²) in [6, 6.07) is 19.3. The number of rotatable bonds is 4. The number of benzene rings is 1. The summed E-state index contributed by atoms with van der Waals surface area (Å²) in [6.07, 6.45) is 4.39. The molecule has 0 unspecified atom stereocenters. The standard InChI is InChI=1S/C26H25N5O2/c27-25-9-8-21(15-29-25)23-6-3-7-24(30-23)26(32)31-10-11-33-17-19(16-31)12-18-13-20-4-1-2-5-22(20)28-14-18/h1-9,13-15,19H,10-12,16-17H2,(H2,27,29)/t19-/m1/s1. The molecule has 1 fully saturated rings. The molecule has 7 heteroatoms. The zero-order valence-electron chi connectivity index (χ0n) is 18.2. The van der Waals surface area contributed by atoms with Gasteiger partial charge in [-0.3, -0.25) is 9.78 Å². The van der Waals surface area contributed by atoms with Crippen molar-refractivity contribution in [1.82, 2.24) is 19.9 Å². The number of ether oxygens (including phenoxy) is 1. The van der Waals surface area contributed by atoms with Crippen LogP contribution in [0.4, 0.5) is 5.82 Å². The summed E-state index contributed by atoms with van der Waals surface area (Å²) in [7, 11) is 0. The lowest BCUT2D eigenvalue weighted by Gasteiger charge is -2.23. The Morgan fingerprint density at radius 2 is 1.97 bits per heavy atom. The number of nitrogens with two attached hydrogens (primary N) is 1. The molecule has 0 spiro atoms. The van der Waals surface area contributed by atoms with Crippen LogP contribution in [0.5, 0.6) is 0 Å². The summed E-state index contributed by atoms with van der Waals surface area (Å²) in [5, 5.41) is 1.12. The molecule has 4 aromatic rings. The van der Waals surface area contributed by atoms with E-state index in [-0.39, 0.29) is 11.8 Å². The molecule has 0 bridgehead atoms. The zero-order chi connectivity index (χ0) is 22.6. The van der Waals surface area contributed by atoms with E-state index in [0.717, 1.165) is 28.5 Å². The molecule has 0 saturated carbocycles. The Balaban J connectivity index is 1.32. The SMILES string of the molecule is Nc1ccc(-c2cccc(C(=O)N3CCOC[C@H](Cc4cnc5ccccc5c4)C3)n2)cn1. The second-order valence-corrected chi connectivity index (χ2v) is 8.31. The van der Waals surface area contributed by atoms with Gasteiger partial charge in [0.25, 0.3) is 5.91 Å². The van der Waals surface area contributed by atoms with E-state index in [2.05, 4.69) is 27.1 Å². The van der Waals surface area contributed by atoms with Crippen LogP contribution >= 0.6 is 0 Å². The monoisotopic (exact) mass is 439 g/mol. The highest BCUT2D eigenvalue weighted by Crippen LogP contribution is 2.21. The molecule has 0 aliphatic carbocycles. The van der Waals surface area contributed by atoms with Gasteiger partial charge in [-0.15, -0.1) is 0 Å². The lowest BCUT2D eigenvalue weighted by Crippen LogP contribution is -2.36. The Hall–Kier alpha value is -3.84. The number of pyridine rings is 3. The van der Waals surface area contributed by atoms with Gasteiger partial charge in [0.1, 0.15) is 11.5 Å². The number of carbonyl (C=O) groups excluding carboxylic acids is 1. The lowest BCUT2D eigenvalue weighted by atomic mass is 9.99. The third-order valence-electron chi connectivity index (χ3n) is 5.85. The zero-order valence-corrected chi connectivity index (χ0v) is 18.2. The number of nitrogens with zero attached hydrogens (tertiary/aromatic N) is 4. The van der Waals surface area contributed by atoms with Gasteiger partial charge in [-0.2, -0.15) is 0 Å². The highest BCUT2D eigenvalue weighted by molar-refractivity contribution is 5.93. The molecule has 2 N–H and O–H groups in total. The van der Waals surface area contributed by atoms with E-state index in [0.29, 0.717) is 43.5 Å². The van der Waals surface area contributed by atoms with Crippen LogP contribution < -0.4 is 5.73 Å². The number of aromatic nitrogens is 3. The highest BCUT2D eigenvalue weighted by Gasteiger charge is 2.25. The molecule has 1 amide bonds. The molecule has 1 saturated heterocycles. The minimum Gasteiger partial charge on any atom is -0.384 e.